The van der Waals surface area contributed by atoms with Gasteiger partial charge in [-0.1, -0.05) is 25.5 Å². The zero-order valence-corrected chi connectivity index (χ0v) is 9.09. The van der Waals surface area contributed by atoms with Crippen LogP contribution in [0.2, 0.25) is 0 Å². The van der Waals surface area contributed by atoms with Crippen LogP contribution in [0.25, 0.3) is 0 Å². The van der Waals surface area contributed by atoms with E-state index in [1.54, 1.807) is 0 Å². The number of nitriles is 1. The highest BCUT2D eigenvalue weighted by molar-refractivity contribution is 5.15. The lowest BCUT2D eigenvalue weighted by Gasteiger charge is -2.06. The van der Waals surface area contributed by atoms with Gasteiger partial charge in [0.05, 0.1) is 12.0 Å². The molecular weight excluding hydrogens is 158 g/mol. The molecule has 13 heavy (non-hydrogen) atoms. The summed E-state index contributed by atoms with van der Waals surface area (Å²) in [6.07, 6.45) is 4.56. The molecule has 3 unspecified atom stereocenters. The van der Waals surface area contributed by atoms with Gasteiger partial charge >= 0.3 is 0 Å². The first kappa shape index (κ1) is 10.3. The van der Waals surface area contributed by atoms with Crippen LogP contribution in [0.3, 0.4) is 0 Å². The molecule has 0 aromatic carbocycles. The number of hydrogen-bond donors (Lipinski definition) is 0. The topological polar surface area (TPSA) is 23.8 Å². The van der Waals surface area contributed by atoms with Gasteiger partial charge in [-0.05, 0) is 38.0 Å². The molecule has 0 spiro atoms. The van der Waals surface area contributed by atoms with Gasteiger partial charge in [-0.25, -0.2) is 0 Å². The highest BCUT2D eigenvalue weighted by Gasteiger charge is 2.57. The minimum Gasteiger partial charge on any atom is -0.198 e. The Morgan fingerprint density at radius 1 is 1.54 bits per heavy atom. The van der Waals surface area contributed by atoms with Crippen molar-refractivity contribution >= 4 is 0 Å². The van der Waals surface area contributed by atoms with Gasteiger partial charge in [0, 0.05) is 0 Å². The molecule has 1 fully saturated rings. The summed E-state index contributed by atoms with van der Waals surface area (Å²) in [5.74, 6) is 0.904. The fraction of sp³-hybridized carbons (Fsp3) is 0.750. The third-order valence-corrected chi connectivity index (χ3v) is 3.52. The van der Waals surface area contributed by atoms with Gasteiger partial charge in [0.15, 0.2) is 0 Å². The van der Waals surface area contributed by atoms with E-state index in [4.69, 9.17) is 5.26 Å². The molecule has 0 heterocycles. The summed E-state index contributed by atoms with van der Waals surface area (Å²) in [6, 6.07) is 2.40. The van der Waals surface area contributed by atoms with E-state index in [1.807, 2.05) is 0 Å². The van der Waals surface area contributed by atoms with Gasteiger partial charge in [-0.2, -0.15) is 5.26 Å². The predicted octanol–water partition coefficient (Wildman–Crippen LogP) is 3.53. The van der Waals surface area contributed by atoms with E-state index in [0.29, 0.717) is 17.3 Å². The van der Waals surface area contributed by atoms with Crippen molar-refractivity contribution in [2.75, 3.05) is 0 Å². The van der Waals surface area contributed by atoms with Crippen molar-refractivity contribution in [1.29, 1.82) is 5.26 Å². The summed E-state index contributed by atoms with van der Waals surface area (Å²) in [4.78, 5) is 0. The molecule has 0 amide bonds. The third-order valence-electron chi connectivity index (χ3n) is 3.52. The van der Waals surface area contributed by atoms with Crippen molar-refractivity contribution < 1.29 is 0 Å². The molecular formula is C12H19N. The van der Waals surface area contributed by atoms with Crippen molar-refractivity contribution in [3.05, 3.63) is 11.6 Å². The van der Waals surface area contributed by atoms with Crippen molar-refractivity contribution in [3.8, 4) is 6.07 Å². The van der Waals surface area contributed by atoms with E-state index in [-0.39, 0.29) is 0 Å². The maximum absolute atomic E-state index is 8.86. The van der Waals surface area contributed by atoms with E-state index in [0.717, 1.165) is 12.8 Å². The third kappa shape index (κ3) is 1.94. The molecule has 0 aromatic heterocycles. The Morgan fingerprint density at radius 2 is 2.15 bits per heavy atom. The number of rotatable bonds is 3. The smallest absolute Gasteiger partial charge is 0.0664 e. The van der Waals surface area contributed by atoms with Crippen molar-refractivity contribution in [2.24, 2.45) is 17.3 Å². The van der Waals surface area contributed by atoms with Gasteiger partial charge in [-0.3, -0.25) is 0 Å². The minimum atomic E-state index is 0.304. The fourth-order valence-electron chi connectivity index (χ4n) is 2.11. The first-order valence-corrected chi connectivity index (χ1v) is 5.05. The van der Waals surface area contributed by atoms with Crippen molar-refractivity contribution in [3.63, 3.8) is 0 Å². The normalized spacial score (nSPS) is 36.5. The molecule has 72 valence electrons. The SMILES string of the molecule is CC(C)=CCCC1(C)C(C)C1C#N. The molecule has 1 aliphatic carbocycles. The Hall–Kier alpha value is -0.770. The van der Waals surface area contributed by atoms with Crippen molar-refractivity contribution in [1.82, 2.24) is 0 Å². The summed E-state index contributed by atoms with van der Waals surface area (Å²) < 4.78 is 0. The van der Waals surface area contributed by atoms with Crippen LogP contribution >= 0.6 is 0 Å². The fourth-order valence-corrected chi connectivity index (χ4v) is 2.11. The summed E-state index contributed by atoms with van der Waals surface area (Å²) in [5.41, 5.74) is 1.69. The highest BCUT2D eigenvalue weighted by atomic mass is 14.6. The molecule has 1 heteroatoms. The van der Waals surface area contributed by atoms with E-state index < -0.39 is 0 Å². The molecule has 0 aromatic rings. The molecule has 1 rings (SSSR count). The van der Waals surface area contributed by atoms with Crippen LogP contribution in [0.1, 0.15) is 40.5 Å². The Labute approximate surface area is 81.5 Å². The molecule has 0 radical (unpaired) electrons. The van der Waals surface area contributed by atoms with E-state index in [1.165, 1.54) is 5.57 Å². The van der Waals surface area contributed by atoms with Gasteiger partial charge in [-0.15, -0.1) is 0 Å². The van der Waals surface area contributed by atoms with E-state index in [2.05, 4.69) is 39.8 Å². The maximum Gasteiger partial charge on any atom is 0.0664 e. The number of nitrogens with zero attached hydrogens (tertiary/aromatic N) is 1. The van der Waals surface area contributed by atoms with Crippen LogP contribution in [0.4, 0.5) is 0 Å². The van der Waals surface area contributed by atoms with Gasteiger partial charge in [0.2, 0.25) is 0 Å². The molecule has 1 aliphatic rings. The van der Waals surface area contributed by atoms with Crippen LogP contribution in [0.15, 0.2) is 11.6 Å². The lowest BCUT2D eigenvalue weighted by molar-refractivity contribution is 0.466. The highest BCUT2D eigenvalue weighted by Crippen LogP contribution is 2.60. The van der Waals surface area contributed by atoms with Crippen LogP contribution in [-0.4, -0.2) is 0 Å². The number of hydrogen-bond acceptors (Lipinski definition) is 1. The first-order valence-electron chi connectivity index (χ1n) is 5.05. The summed E-state index contributed by atoms with van der Waals surface area (Å²) in [5, 5.41) is 8.86. The Bertz CT molecular complexity index is 255. The maximum atomic E-state index is 8.86. The Balaban J connectivity index is 2.40. The Kier molecular flexibility index (Phi) is 2.81. The second-order valence-corrected chi connectivity index (χ2v) is 4.72. The average Bonchev–Trinajstić information content (AvgIpc) is 2.53. The predicted molar refractivity (Wildman–Crippen MR) is 55.0 cm³/mol. The monoisotopic (exact) mass is 177 g/mol. The van der Waals surface area contributed by atoms with Crippen molar-refractivity contribution in [2.45, 2.75) is 40.5 Å². The molecule has 0 aliphatic heterocycles. The quantitative estimate of drug-likeness (QED) is 0.605. The Morgan fingerprint density at radius 3 is 2.54 bits per heavy atom. The summed E-state index contributed by atoms with van der Waals surface area (Å²) >= 11 is 0. The van der Waals surface area contributed by atoms with Crippen LogP contribution < -0.4 is 0 Å². The lowest BCUT2D eigenvalue weighted by atomic mass is 9.98. The summed E-state index contributed by atoms with van der Waals surface area (Å²) in [6.45, 7) is 8.68. The van der Waals surface area contributed by atoms with E-state index >= 15 is 0 Å². The molecule has 0 bridgehead atoms. The molecule has 1 saturated carbocycles. The van der Waals surface area contributed by atoms with Gasteiger partial charge in [0.25, 0.3) is 0 Å². The minimum absolute atomic E-state index is 0.304. The lowest BCUT2D eigenvalue weighted by Crippen LogP contribution is -1.97. The summed E-state index contributed by atoms with van der Waals surface area (Å²) in [7, 11) is 0. The second-order valence-electron chi connectivity index (χ2n) is 4.72. The average molecular weight is 177 g/mol. The largest absolute Gasteiger partial charge is 0.198 e. The number of allylic oxidation sites excluding steroid dienone is 2. The second kappa shape index (κ2) is 3.54. The zero-order chi connectivity index (χ0) is 10.1. The van der Waals surface area contributed by atoms with Gasteiger partial charge in [0.1, 0.15) is 0 Å². The molecule has 1 nitrogen and oxygen atoms in total. The van der Waals surface area contributed by atoms with E-state index in [9.17, 15) is 0 Å². The standard InChI is InChI=1S/C12H19N/c1-9(2)6-5-7-12(4)10(3)11(12)8-13/h6,10-11H,5,7H2,1-4H3. The molecule has 3 atom stereocenters. The van der Waals surface area contributed by atoms with Gasteiger partial charge < -0.3 is 0 Å². The van der Waals surface area contributed by atoms with Crippen LogP contribution in [0.5, 0.6) is 0 Å². The molecule has 0 N–H and O–H groups in total. The molecule has 0 saturated heterocycles. The zero-order valence-electron chi connectivity index (χ0n) is 9.09. The van der Waals surface area contributed by atoms with Crippen LogP contribution in [-0.2, 0) is 0 Å². The van der Waals surface area contributed by atoms with Crippen LogP contribution in [0, 0.1) is 28.6 Å². The first-order chi connectivity index (χ1) is 6.02.